The van der Waals surface area contributed by atoms with E-state index < -0.39 is 4.92 Å². The third-order valence-corrected chi connectivity index (χ3v) is 2.80. The first kappa shape index (κ1) is 12.0. The normalized spacial score (nSPS) is 10.5. The standard InChI is InChI=1S/C10H8IN3O3/c11-8-4-12-13(5-8)9-1-2-10(14(16)17)7(3-9)6-15/h1-5,15H,6H2. The van der Waals surface area contributed by atoms with Crippen LogP contribution in [0.4, 0.5) is 5.69 Å². The van der Waals surface area contributed by atoms with E-state index >= 15 is 0 Å². The van der Waals surface area contributed by atoms with Crippen molar-refractivity contribution in [1.29, 1.82) is 0 Å². The topological polar surface area (TPSA) is 81.2 Å². The summed E-state index contributed by atoms with van der Waals surface area (Å²) in [6.45, 7) is -0.373. The van der Waals surface area contributed by atoms with Gasteiger partial charge in [-0.3, -0.25) is 10.1 Å². The highest BCUT2D eigenvalue weighted by molar-refractivity contribution is 14.1. The Kier molecular flexibility index (Phi) is 3.38. The minimum atomic E-state index is -0.512. The van der Waals surface area contributed by atoms with Gasteiger partial charge in [-0.05, 0) is 34.7 Å². The van der Waals surface area contributed by atoms with E-state index in [9.17, 15) is 10.1 Å². The van der Waals surface area contributed by atoms with Crippen LogP contribution < -0.4 is 0 Å². The molecule has 7 heteroatoms. The van der Waals surface area contributed by atoms with Crippen LogP contribution in [-0.4, -0.2) is 19.8 Å². The Balaban J connectivity index is 2.48. The number of nitro groups is 1. The minimum Gasteiger partial charge on any atom is -0.391 e. The number of aromatic nitrogens is 2. The molecule has 0 aliphatic heterocycles. The molecular formula is C10H8IN3O3. The van der Waals surface area contributed by atoms with Gasteiger partial charge in [-0.25, -0.2) is 4.68 Å². The van der Waals surface area contributed by atoms with Gasteiger partial charge in [0, 0.05) is 12.3 Å². The van der Waals surface area contributed by atoms with Crippen molar-refractivity contribution in [2.24, 2.45) is 0 Å². The lowest BCUT2D eigenvalue weighted by molar-refractivity contribution is -0.385. The van der Waals surface area contributed by atoms with Crippen molar-refractivity contribution < 1.29 is 10.0 Å². The van der Waals surface area contributed by atoms with E-state index in [0.717, 1.165) is 3.57 Å². The van der Waals surface area contributed by atoms with Crippen LogP contribution in [0, 0.1) is 13.7 Å². The van der Waals surface area contributed by atoms with Crippen LogP contribution in [0.5, 0.6) is 0 Å². The minimum absolute atomic E-state index is 0.0851. The molecular weight excluding hydrogens is 337 g/mol. The molecule has 0 amide bonds. The van der Waals surface area contributed by atoms with Crippen LogP contribution in [0.15, 0.2) is 30.6 Å². The maximum Gasteiger partial charge on any atom is 0.275 e. The maximum atomic E-state index is 10.7. The SMILES string of the molecule is O=[N+]([O-])c1ccc(-n2cc(I)cn2)cc1CO. The molecule has 0 bridgehead atoms. The van der Waals surface area contributed by atoms with Crippen LogP contribution in [-0.2, 0) is 6.61 Å². The van der Waals surface area contributed by atoms with Gasteiger partial charge in [-0.2, -0.15) is 5.10 Å². The molecule has 1 aromatic carbocycles. The van der Waals surface area contributed by atoms with E-state index in [4.69, 9.17) is 5.11 Å². The Bertz CT molecular complexity index is 568. The summed E-state index contributed by atoms with van der Waals surface area (Å²) in [7, 11) is 0. The molecule has 0 aliphatic carbocycles. The summed E-state index contributed by atoms with van der Waals surface area (Å²) in [4.78, 5) is 10.2. The number of nitro benzene ring substituents is 1. The average molecular weight is 345 g/mol. The van der Waals surface area contributed by atoms with Gasteiger partial charge in [0.1, 0.15) is 0 Å². The van der Waals surface area contributed by atoms with Gasteiger partial charge < -0.3 is 5.11 Å². The number of hydrogen-bond acceptors (Lipinski definition) is 4. The van der Waals surface area contributed by atoms with Crippen molar-refractivity contribution in [2.75, 3.05) is 0 Å². The highest BCUT2D eigenvalue weighted by Gasteiger charge is 2.14. The van der Waals surface area contributed by atoms with Crippen LogP contribution in [0.1, 0.15) is 5.56 Å². The van der Waals surface area contributed by atoms with Crippen LogP contribution in [0.25, 0.3) is 5.69 Å². The molecule has 1 N–H and O–H groups in total. The van der Waals surface area contributed by atoms with Crippen molar-refractivity contribution in [3.05, 3.63) is 49.8 Å². The summed E-state index contributed by atoms with van der Waals surface area (Å²) in [5.41, 5.74) is 0.874. The van der Waals surface area contributed by atoms with Gasteiger partial charge >= 0.3 is 0 Å². The van der Waals surface area contributed by atoms with Crippen LogP contribution in [0.3, 0.4) is 0 Å². The molecule has 0 saturated carbocycles. The zero-order valence-electron chi connectivity index (χ0n) is 8.58. The number of rotatable bonds is 3. The summed E-state index contributed by atoms with van der Waals surface area (Å²) in [5.74, 6) is 0. The smallest absolute Gasteiger partial charge is 0.275 e. The maximum absolute atomic E-state index is 10.7. The summed E-state index contributed by atoms with van der Waals surface area (Å²) in [5, 5.41) is 23.9. The molecule has 0 radical (unpaired) electrons. The molecule has 17 heavy (non-hydrogen) atoms. The quantitative estimate of drug-likeness (QED) is 0.523. The number of benzene rings is 1. The van der Waals surface area contributed by atoms with E-state index in [1.807, 2.05) is 0 Å². The second-order valence-corrected chi connectivity index (χ2v) is 4.58. The zero-order chi connectivity index (χ0) is 12.4. The van der Waals surface area contributed by atoms with E-state index in [-0.39, 0.29) is 17.9 Å². The Hall–Kier alpha value is -1.48. The highest BCUT2D eigenvalue weighted by Crippen LogP contribution is 2.22. The number of aliphatic hydroxyl groups excluding tert-OH is 1. The van der Waals surface area contributed by atoms with Crippen molar-refractivity contribution in [3.63, 3.8) is 0 Å². The fourth-order valence-corrected chi connectivity index (χ4v) is 1.85. The van der Waals surface area contributed by atoms with E-state index in [1.165, 1.54) is 6.07 Å². The summed E-state index contributed by atoms with van der Waals surface area (Å²) >= 11 is 2.12. The third kappa shape index (κ3) is 2.44. The van der Waals surface area contributed by atoms with Crippen molar-refractivity contribution in [1.82, 2.24) is 9.78 Å². The Labute approximate surface area is 110 Å². The van der Waals surface area contributed by atoms with E-state index in [0.29, 0.717) is 5.69 Å². The molecule has 6 nitrogen and oxygen atoms in total. The summed E-state index contributed by atoms with van der Waals surface area (Å²) < 4.78 is 2.57. The monoisotopic (exact) mass is 345 g/mol. The van der Waals surface area contributed by atoms with Gasteiger partial charge in [0.05, 0.1) is 32.5 Å². The molecule has 0 unspecified atom stereocenters. The molecule has 0 atom stereocenters. The molecule has 2 rings (SSSR count). The second kappa shape index (κ2) is 4.80. The molecule has 1 heterocycles. The largest absolute Gasteiger partial charge is 0.391 e. The molecule has 0 saturated heterocycles. The highest BCUT2D eigenvalue weighted by atomic mass is 127. The van der Waals surface area contributed by atoms with Crippen molar-refractivity contribution in [3.8, 4) is 5.69 Å². The van der Waals surface area contributed by atoms with Crippen molar-refractivity contribution in [2.45, 2.75) is 6.61 Å². The van der Waals surface area contributed by atoms with Gasteiger partial charge in [0.2, 0.25) is 0 Å². The van der Waals surface area contributed by atoms with Gasteiger partial charge in [0.15, 0.2) is 0 Å². The first-order valence-corrected chi connectivity index (χ1v) is 5.78. The molecule has 1 aromatic heterocycles. The number of halogens is 1. The summed E-state index contributed by atoms with van der Waals surface area (Å²) in [6, 6.07) is 4.52. The molecule has 0 aliphatic rings. The van der Waals surface area contributed by atoms with E-state index in [2.05, 4.69) is 27.7 Å². The summed E-state index contributed by atoms with van der Waals surface area (Å²) in [6.07, 6.45) is 3.48. The van der Waals surface area contributed by atoms with Gasteiger partial charge in [-0.15, -0.1) is 0 Å². The second-order valence-electron chi connectivity index (χ2n) is 3.33. The van der Waals surface area contributed by atoms with E-state index in [1.54, 1.807) is 29.2 Å². The molecule has 0 fully saturated rings. The van der Waals surface area contributed by atoms with Crippen molar-refractivity contribution >= 4 is 28.3 Å². The predicted molar refractivity (Wildman–Crippen MR) is 68.9 cm³/mol. The lowest BCUT2D eigenvalue weighted by Crippen LogP contribution is -2.00. The Morgan fingerprint density at radius 2 is 2.29 bits per heavy atom. The van der Waals surface area contributed by atoms with Gasteiger partial charge in [-0.1, -0.05) is 0 Å². The third-order valence-electron chi connectivity index (χ3n) is 2.25. The average Bonchev–Trinajstić information content (AvgIpc) is 2.75. The Morgan fingerprint density at radius 3 is 2.82 bits per heavy atom. The lowest BCUT2D eigenvalue weighted by Gasteiger charge is -2.04. The lowest BCUT2D eigenvalue weighted by atomic mass is 10.1. The number of hydrogen-bond donors (Lipinski definition) is 1. The fourth-order valence-electron chi connectivity index (χ4n) is 1.46. The first-order valence-electron chi connectivity index (χ1n) is 4.70. The first-order chi connectivity index (χ1) is 8.11. The number of aliphatic hydroxyl groups is 1. The molecule has 2 aromatic rings. The Morgan fingerprint density at radius 1 is 1.53 bits per heavy atom. The predicted octanol–water partition coefficient (Wildman–Crippen LogP) is 1.88. The fraction of sp³-hybridized carbons (Fsp3) is 0.100. The van der Waals surface area contributed by atoms with Crippen LogP contribution in [0.2, 0.25) is 0 Å². The van der Waals surface area contributed by atoms with Crippen LogP contribution >= 0.6 is 22.6 Å². The molecule has 88 valence electrons. The zero-order valence-corrected chi connectivity index (χ0v) is 10.7. The molecule has 0 spiro atoms. The van der Waals surface area contributed by atoms with Gasteiger partial charge in [0.25, 0.3) is 5.69 Å². The number of nitrogens with zero attached hydrogens (tertiary/aromatic N) is 3.